The third-order valence-corrected chi connectivity index (χ3v) is 6.92. The summed E-state index contributed by atoms with van der Waals surface area (Å²) in [6.45, 7) is 4.75. The van der Waals surface area contributed by atoms with Gasteiger partial charge in [0.05, 0.1) is 0 Å². The van der Waals surface area contributed by atoms with E-state index in [1.165, 1.54) is 56.5 Å². The van der Waals surface area contributed by atoms with Crippen molar-refractivity contribution in [2.45, 2.75) is 37.9 Å². The van der Waals surface area contributed by atoms with Gasteiger partial charge in [-0.15, -0.1) is 0 Å². The third-order valence-electron chi connectivity index (χ3n) is 5.98. The molecule has 0 amide bonds. The standard InChI is InChI=1S/C16H27AsN4/c1-19-6-8-20(9-7-19)15-4-5-18-16(17)21(15)14-11-12-2-3-13(14)10-12/h4-5,12-15H,2-3,6-11,17H2,1H3. The molecule has 4 aliphatic rings. The van der Waals surface area contributed by atoms with Crippen LogP contribution in [0.3, 0.4) is 0 Å². The van der Waals surface area contributed by atoms with Gasteiger partial charge in [-0.1, -0.05) is 0 Å². The number of aliphatic imine (C=N–C) groups is 1. The van der Waals surface area contributed by atoms with Crippen LogP contribution < -0.4 is 0 Å². The molecule has 3 fully saturated rings. The molecular weight excluding hydrogens is 323 g/mol. The molecule has 4 nitrogen and oxygen atoms in total. The zero-order chi connectivity index (χ0) is 14.4. The maximum atomic E-state index is 4.65. The fourth-order valence-electron chi connectivity index (χ4n) is 4.79. The molecule has 2 saturated carbocycles. The van der Waals surface area contributed by atoms with Crippen LogP contribution in [0.2, 0.25) is 0 Å². The van der Waals surface area contributed by atoms with Crippen LogP contribution in [0.25, 0.3) is 0 Å². The number of rotatable bonds is 2. The second-order valence-electron chi connectivity index (χ2n) is 7.23. The molecule has 2 heterocycles. The van der Waals surface area contributed by atoms with Crippen molar-refractivity contribution in [1.29, 1.82) is 0 Å². The van der Waals surface area contributed by atoms with Crippen LogP contribution in [0, 0.1) is 11.8 Å². The van der Waals surface area contributed by atoms with E-state index in [0.29, 0.717) is 6.17 Å². The van der Waals surface area contributed by atoms with Crippen molar-refractivity contribution >= 4 is 21.5 Å². The van der Waals surface area contributed by atoms with Crippen LogP contribution in [-0.4, -0.2) is 81.6 Å². The monoisotopic (exact) mass is 350 g/mol. The Kier molecular flexibility index (Phi) is 3.89. The first-order chi connectivity index (χ1) is 10.2. The first-order valence-electron chi connectivity index (χ1n) is 8.43. The first-order valence-corrected chi connectivity index (χ1v) is 9.64. The number of piperazine rings is 1. The Morgan fingerprint density at radius 1 is 1.14 bits per heavy atom. The molecule has 116 valence electrons. The van der Waals surface area contributed by atoms with Crippen LogP contribution in [0.1, 0.15) is 25.7 Å². The van der Waals surface area contributed by atoms with Gasteiger partial charge in [0.15, 0.2) is 0 Å². The van der Waals surface area contributed by atoms with E-state index >= 15 is 0 Å². The van der Waals surface area contributed by atoms with Crippen LogP contribution in [-0.2, 0) is 0 Å². The molecule has 21 heavy (non-hydrogen) atoms. The number of likely N-dealkylation sites (N-methyl/N-ethyl adjacent to an activating group) is 1. The second-order valence-corrected chi connectivity index (χ2v) is 8.31. The van der Waals surface area contributed by atoms with E-state index in [1.54, 1.807) is 16.9 Å². The van der Waals surface area contributed by atoms with E-state index in [1.807, 2.05) is 6.20 Å². The van der Waals surface area contributed by atoms with E-state index in [4.69, 9.17) is 0 Å². The number of hydrogen-bond acceptors (Lipinski definition) is 4. The molecule has 2 aliphatic heterocycles. The Morgan fingerprint density at radius 2 is 1.95 bits per heavy atom. The Morgan fingerprint density at radius 3 is 2.62 bits per heavy atom. The van der Waals surface area contributed by atoms with Crippen molar-refractivity contribution in [2.75, 3.05) is 33.2 Å². The van der Waals surface area contributed by atoms with Crippen molar-refractivity contribution in [3.63, 3.8) is 0 Å². The summed E-state index contributed by atoms with van der Waals surface area (Å²) in [4.78, 5) is 12.4. The molecule has 2 aliphatic carbocycles. The number of fused-ring (bicyclic) bond motifs is 2. The SMILES string of the molecule is CN1CCN(C2C=CN=C([AsH2])N2C2CC3CCC2C3)CC1. The van der Waals surface area contributed by atoms with Crippen LogP contribution in [0.15, 0.2) is 17.3 Å². The average molecular weight is 350 g/mol. The van der Waals surface area contributed by atoms with Gasteiger partial charge in [-0.3, -0.25) is 0 Å². The summed E-state index contributed by atoms with van der Waals surface area (Å²) in [5.41, 5.74) is 0. The summed E-state index contributed by atoms with van der Waals surface area (Å²) in [6.07, 6.45) is 10.6. The molecule has 1 saturated heterocycles. The van der Waals surface area contributed by atoms with Crippen molar-refractivity contribution in [2.24, 2.45) is 16.8 Å². The molecule has 0 aromatic carbocycles. The predicted molar refractivity (Wildman–Crippen MR) is 89.1 cm³/mol. The number of nitrogens with zero attached hydrogens (tertiary/aromatic N) is 4. The maximum absolute atomic E-state index is 4.65. The van der Waals surface area contributed by atoms with Gasteiger partial charge in [0.1, 0.15) is 0 Å². The minimum absolute atomic E-state index is 0.461. The molecule has 5 atom stereocenters. The number of amidine groups is 1. The minimum atomic E-state index is 0.461. The molecule has 5 unspecified atom stereocenters. The molecule has 5 heteroatoms. The van der Waals surface area contributed by atoms with Gasteiger partial charge in [0.25, 0.3) is 0 Å². The summed E-state index contributed by atoms with van der Waals surface area (Å²) >= 11 is 1.69. The van der Waals surface area contributed by atoms with Crippen molar-refractivity contribution in [1.82, 2.24) is 14.7 Å². The Bertz CT molecular complexity index is 455. The predicted octanol–water partition coefficient (Wildman–Crippen LogP) is 0.567. The summed E-state index contributed by atoms with van der Waals surface area (Å²) in [6, 6.07) is 0.754. The summed E-state index contributed by atoms with van der Waals surface area (Å²) in [7, 11) is 2.23. The first kappa shape index (κ1) is 14.3. The Balaban J connectivity index is 1.54. The average Bonchev–Trinajstić information content (AvgIpc) is 3.10. The van der Waals surface area contributed by atoms with Crippen LogP contribution in [0.4, 0.5) is 0 Å². The van der Waals surface area contributed by atoms with Crippen LogP contribution in [0.5, 0.6) is 0 Å². The van der Waals surface area contributed by atoms with Gasteiger partial charge in [-0.05, 0) is 0 Å². The van der Waals surface area contributed by atoms with Gasteiger partial charge < -0.3 is 0 Å². The molecule has 0 spiro atoms. The van der Waals surface area contributed by atoms with E-state index in [9.17, 15) is 0 Å². The Labute approximate surface area is 136 Å². The quantitative estimate of drug-likeness (QED) is 0.680. The van der Waals surface area contributed by atoms with E-state index in [-0.39, 0.29) is 0 Å². The van der Waals surface area contributed by atoms with E-state index in [2.05, 4.69) is 32.8 Å². The fraction of sp³-hybridized carbons (Fsp3) is 0.812. The third kappa shape index (κ3) is 2.60. The van der Waals surface area contributed by atoms with Gasteiger partial charge in [0, 0.05) is 0 Å². The molecule has 0 aromatic rings. The fourth-order valence-corrected chi connectivity index (χ4v) is 5.70. The van der Waals surface area contributed by atoms with Crippen LogP contribution >= 0.6 is 0 Å². The molecule has 2 bridgehead atoms. The molecular formula is C16H27AsN4. The van der Waals surface area contributed by atoms with Gasteiger partial charge in [-0.25, -0.2) is 0 Å². The number of hydrogen-bond donors (Lipinski definition) is 0. The van der Waals surface area contributed by atoms with Gasteiger partial charge in [-0.2, -0.15) is 0 Å². The van der Waals surface area contributed by atoms with Crippen molar-refractivity contribution in [3.8, 4) is 0 Å². The molecule has 0 aromatic heterocycles. The van der Waals surface area contributed by atoms with Crippen molar-refractivity contribution in [3.05, 3.63) is 12.3 Å². The summed E-state index contributed by atoms with van der Waals surface area (Å²) in [5.74, 6) is 1.93. The second kappa shape index (κ2) is 5.71. The zero-order valence-corrected chi connectivity index (χ0v) is 15.4. The zero-order valence-electron chi connectivity index (χ0n) is 13.0. The topological polar surface area (TPSA) is 22.1 Å². The Hall–Kier alpha value is -0.312. The van der Waals surface area contributed by atoms with Crippen molar-refractivity contribution < 1.29 is 0 Å². The van der Waals surface area contributed by atoms with E-state index in [0.717, 1.165) is 17.9 Å². The molecule has 0 radical (unpaired) electrons. The summed E-state index contributed by atoms with van der Waals surface area (Å²) in [5, 5.41) is 0. The molecule has 4 rings (SSSR count). The normalized spacial score (nSPS) is 40.9. The van der Waals surface area contributed by atoms with Gasteiger partial charge >= 0.3 is 136 Å². The van der Waals surface area contributed by atoms with E-state index < -0.39 is 0 Å². The summed E-state index contributed by atoms with van der Waals surface area (Å²) < 4.78 is 1.30. The molecule has 0 N–H and O–H groups in total. The van der Waals surface area contributed by atoms with Gasteiger partial charge in [0.2, 0.25) is 0 Å².